The van der Waals surface area contributed by atoms with Crippen molar-refractivity contribution in [2.75, 3.05) is 0 Å². The first-order chi connectivity index (χ1) is 12.0. The minimum Gasteiger partial charge on any atom is -0.334 e. The number of aromatic nitrogens is 4. The Morgan fingerprint density at radius 1 is 1.16 bits per heavy atom. The lowest BCUT2D eigenvalue weighted by molar-refractivity contribution is 0.372. The lowest BCUT2D eigenvalue weighted by Gasteiger charge is -2.17. The highest BCUT2D eigenvalue weighted by atomic mass is 16.5. The molecule has 1 aromatic carbocycles. The first-order valence-electron chi connectivity index (χ1n) is 8.77. The molecular formula is C19H23N5O. The summed E-state index contributed by atoms with van der Waals surface area (Å²) in [5, 5.41) is 8.63. The monoisotopic (exact) mass is 337 g/mol. The van der Waals surface area contributed by atoms with Crippen LogP contribution < -0.4 is 5.73 Å². The molecule has 0 bridgehead atoms. The molecule has 0 atom stereocenters. The van der Waals surface area contributed by atoms with E-state index in [-0.39, 0.29) is 0 Å². The Balaban J connectivity index is 1.52. The third kappa shape index (κ3) is 3.09. The molecule has 1 aliphatic rings. The van der Waals surface area contributed by atoms with E-state index < -0.39 is 5.54 Å². The summed E-state index contributed by atoms with van der Waals surface area (Å²) in [6.45, 7) is 4.83. The number of aryl methyl sites for hydroxylation is 2. The summed E-state index contributed by atoms with van der Waals surface area (Å²) in [6, 6.07) is 10.2. The van der Waals surface area contributed by atoms with Gasteiger partial charge in [0.05, 0.1) is 17.8 Å². The molecule has 0 radical (unpaired) electrons. The predicted octanol–water partition coefficient (Wildman–Crippen LogP) is 3.33. The number of hydrogen-bond acceptors (Lipinski definition) is 5. The molecule has 1 aliphatic carbocycles. The van der Waals surface area contributed by atoms with Gasteiger partial charge in [0.15, 0.2) is 5.82 Å². The first kappa shape index (κ1) is 16.0. The van der Waals surface area contributed by atoms with Crippen LogP contribution in [0.3, 0.4) is 0 Å². The van der Waals surface area contributed by atoms with Crippen LogP contribution in [0.4, 0.5) is 0 Å². The summed E-state index contributed by atoms with van der Waals surface area (Å²) >= 11 is 0. The largest absolute Gasteiger partial charge is 0.334 e. The number of nitrogens with two attached hydrogens (primary N) is 1. The van der Waals surface area contributed by atoms with E-state index in [1.807, 2.05) is 23.7 Å². The zero-order valence-corrected chi connectivity index (χ0v) is 14.7. The van der Waals surface area contributed by atoms with E-state index in [9.17, 15) is 0 Å². The molecule has 0 aliphatic heterocycles. The SMILES string of the molecule is Cc1cc(C)n(Cc2ccc(-c3nc(C4(N)CCCC4)no3)cc2)n1. The number of benzene rings is 1. The van der Waals surface area contributed by atoms with Crippen LogP contribution in [0, 0.1) is 13.8 Å². The summed E-state index contributed by atoms with van der Waals surface area (Å²) in [7, 11) is 0. The smallest absolute Gasteiger partial charge is 0.257 e. The standard InChI is InChI=1S/C19H23N5O/c1-13-11-14(2)24(22-13)12-15-5-7-16(8-6-15)17-21-18(23-25-17)19(20)9-3-4-10-19/h5-8,11H,3-4,9-10,12,20H2,1-2H3. The summed E-state index contributed by atoms with van der Waals surface area (Å²) in [6.07, 6.45) is 4.10. The maximum absolute atomic E-state index is 6.40. The van der Waals surface area contributed by atoms with E-state index in [1.54, 1.807) is 0 Å². The summed E-state index contributed by atoms with van der Waals surface area (Å²) in [5.74, 6) is 1.16. The van der Waals surface area contributed by atoms with E-state index in [1.165, 1.54) is 5.56 Å². The molecule has 6 nitrogen and oxygen atoms in total. The van der Waals surface area contributed by atoms with Crippen molar-refractivity contribution in [1.29, 1.82) is 0 Å². The van der Waals surface area contributed by atoms with Crippen molar-refractivity contribution >= 4 is 0 Å². The fourth-order valence-electron chi connectivity index (χ4n) is 3.53. The summed E-state index contributed by atoms with van der Waals surface area (Å²) < 4.78 is 7.46. The topological polar surface area (TPSA) is 82.8 Å². The van der Waals surface area contributed by atoms with E-state index in [0.29, 0.717) is 11.7 Å². The lowest BCUT2D eigenvalue weighted by Crippen LogP contribution is -2.34. The van der Waals surface area contributed by atoms with Crippen LogP contribution in [-0.2, 0) is 12.1 Å². The zero-order valence-electron chi connectivity index (χ0n) is 14.7. The van der Waals surface area contributed by atoms with Gasteiger partial charge < -0.3 is 10.3 Å². The van der Waals surface area contributed by atoms with Crippen LogP contribution in [0.2, 0.25) is 0 Å². The molecular weight excluding hydrogens is 314 g/mol. The van der Waals surface area contributed by atoms with Crippen molar-refractivity contribution in [2.24, 2.45) is 5.73 Å². The van der Waals surface area contributed by atoms with Gasteiger partial charge in [-0.05, 0) is 50.5 Å². The van der Waals surface area contributed by atoms with Crippen LogP contribution in [0.15, 0.2) is 34.9 Å². The highest BCUT2D eigenvalue weighted by Gasteiger charge is 2.36. The molecule has 6 heteroatoms. The first-order valence-corrected chi connectivity index (χ1v) is 8.77. The van der Waals surface area contributed by atoms with Crippen molar-refractivity contribution in [1.82, 2.24) is 19.9 Å². The Kier molecular flexibility index (Phi) is 3.92. The highest BCUT2D eigenvalue weighted by Crippen LogP contribution is 2.35. The van der Waals surface area contributed by atoms with Crippen molar-refractivity contribution in [2.45, 2.75) is 51.6 Å². The second-order valence-electron chi connectivity index (χ2n) is 7.07. The average molecular weight is 337 g/mol. The molecule has 0 unspecified atom stereocenters. The van der Waals surface area contributed by atoms with Gasteiger partial charge in [-0.1, -0.05) is 30.1 Å². The van der Waals surface area contributed by atoms with Crippen molar-refractivity contribution in [3.63, 3.8) is 0 Å². The number of nitrogens with zero attached hydrogens (tertiary/aromatic N) is 4. The Bertz CT molecular complexity index is 872. The quantitative estimate of drug-likeness (QED) is 0.789. The van der Waals surface area contributed by atoms with Gasteiger partial charge in [-0.15, -0.1) is 0 Å². The average Bonchev–Trinajstić information content (AvgIpc) is 3.30. The molecule has 4 rings (SSSR count). The molecule has 0 amide bonds. The van der Waals surface area contributed by atoms with E-state index in [0.717, 1.165) is 49.2 Å². The van der Waals surface area contributed by atoms with Gasteiger partial charge in [0, 0.05) is 11.3 Å². The molecule has 25 heavy (non-hydrogen) atoms. The van der Waals surface area contributed by atoms with Crippen LogP contribution in [0.25, 0.3) is 11.5 Å². The Labute approximate surface area is 147 Å². The van der Waals surface area contributed by atoms with Crippen molar-refractivity contribution in [3.05, 3.63) is 53.1 Å². The molecule has 2 N–H and O–H groups in total. The Morgan fingerprint density at radius 3 is 2.52 bits per heavy atom. The van der Waals surface area contributed by atoms with Crippen LogP contribution in [0.1, 0.15) is 48.5 Å². The minimum atomic E-state index is -0.419. The van der Waals surface area contributed by atoms with E-state index in [4.69, 9.17) is 10.3 Å². The summed E-state index contributed by atoms with van der Waals surface area (Å²) in [4.78, 5) is 4.55. The maximum Gasteiger partial charge on any atom is 0.257 e. The molecule has 0 saturated heterocycles. The fraction of sp³-hybridized carbons (Fsp3) is 0.421. The fourth-order valence-corrected chi connectivity index (χ4v) is 3.53. The Hall–Kier alpha value is -2.47. The molecule has 0 spiro atoms. The van der Waals surface area contributed by atoms with Crippen LogP contribution >= 0.6 is 0 Å². The maximum atomic E-state index is 6.40. The van der Waals surface area contributed by atoms with Gasteiger partial charge in [-0.3, -0.25) is 4.68 Å². The van der Waals surface area contributed by atoms with Gasteiger partial charge in [0.2, 0.25) is 0 Å². The lowest BCUT2D eigenvalue weighted by atomic mass is 9.99. The Morgan fingerprint density at radius 2 is 1.88 bits per heavy atom. The molecule has 1 saturated carbocycles. The zero-order chi connectivity index (χ0) is 17.4. The van der Waals surface area contributed by atoms with E-state index >= 15 is 0 Å². The van der Waals surface area contributed by atoms with Gasteiger partial charge >= 0.3 is 0 Å². The van der Waals surface area contributed by atoms with Gasteiger partial charge in [-0.2, -0.15) is 10.1 Å². The minimum absolute atomic E-state index is 0.419. The van der Waals surface area contributed by atoms with Crippen molar-refractivity contribution in [3.8, 4) is 11.5 Å². The second-order valence-corrected chi connectivity index (χ2v) is 7.07. The van der Waals surface area contributed by atoms with Crippen molar-refractivity contribution < 1.29 is 4.52 Å². The third-order valence-corrected chi connectivity index (χ3v) is 5.00. The van der Waals surface area contributed by atoms with Gasteiger partial charge in [-0.25, -0.2) is 0 Å². The van der Waals surface area contributed by atoms with E-state index in [2.05, 4.69) is 40.4 Å². The molecule has 1 fully saturated rings. The number of rotatable bonds is 4. The van der Waals surface area contributed by atoms with Crippen LogP contribution in [-0.4, -0.2) is 19.9 Å². The molecule has 130 valence electrons. The normalized spacial score (nSPS) is 16.4. The van der Waals surface area contributed by atoms with Gasteiger partial charge in [0.25, 0.3) is 5.89 Å². The number of hydrogen-bond donors (Lipinski definition) is 1. The second kappa shape index (κ2) is 6.11. The van der Waals surface area contributed by atoms with Crippen LogP contribution in [0.5, 0.6) is 0 Å². The predicted molar refractivity (Wildman–Crippen MR) is 94.9 cm³/mol. The molecule has 3 aromatic rings. The summed E-state index contributed by atoms with van der Waals surface area (Å²) in [5.41, 5.74) is 10.3. The highest BCUT2D eigenvalue weighted by molar-refractivity contribution is 5.53. The van der Waals surface area contributed by atoms with Gasteiger partial charge in [0.1, 0.15) is 0 Å². The molecule has 2 heterocycles. The molecule has 2 aromatic heterocycles. The third-order valence-electron chi connectivity index (χ3n) is 5.00.